The van der Waals surface area contributed by atoms with E-state index in [9.17, 15) is 4.79 Å². The molecule has 0 unspecified atom stereocenters. The Labute approximate surface area is 99.6 Å². The summed E-state index contributed by atoms with van der Waals surface area (Å²) in [4.78, 5) is 15.3. The topological polar surface area (TPSA) is 87.0 Å². The number of rotatable bonds is 6. The summed E-state index contributed by atoms with van der Waals surface area (Å²) in [5.74, 6) is 0.366. The van der Waals surface area contributed by atoms with E-state index in [-0.39, 0.29) is 12.5 Å². The Balaban J connectivity index is 2.29. The van der Waals surface area contributed by atoms with Crippen LogP contribution in [0, 0.1) is 11.3 Å². The number of hydrogen-bond acceptors (Lipinski definition) is 5. The molecular weight excluding hydrogens is 220 g/mol. The van der Waals surface area contributed by atoms with Crippen molar-refractivity contribution in [2.75, 3.05) is 25.5 Å². The van der Waals surface area contributed by atoms with Gasteiger partial charge in [-0.3, -0.25) is 4.79 Å². The van der Waals surface area contributed by atoms with Crippen molar-refractivity contribution in [1.82, 2.24) is 10.3 Å². The third kappa shape index (κ3) is 4.84. The van der Waals surface area contributed by atoms with Gasteiger partial charge in [-0.15, -0.1) is 0 Å². The van der Waals surface area contributed by atoms with Gasteiger partial charge in [0, 0.05) is 12.6 Å². The van der Waals surface area contributed by atoms with Gasteiger partial charge in [0.1, 0.15) is 0 Å². The number of nitrogens with zero attached hydrogens (tertiary/aromatic N) is 2. The lowest BCUT2D eigenvalue weighted by Gasteiger charge is -2.06. The summed E-state index contributed by atoms with van der Waals surface area (Å²) in [6, 6.07) is 5.43. The first-order valence-electron chi connectivity index (χ1n) is 5.14. The maximum Gasteiger partial charge on any atom is 0.239 e. The molecule has 0 fully saturated rings. The number of amides is 1. The van der Waals surface area contributed by atoms with Crippen LogP contribution in [0.3, 0.4) is 0 Å². The molecule has 1 rings (SSSR count). The number of carbonyl (C=O) groups is 1. The maximum atomic E-state index is 11.3. The van der Waals surface area contributed by atoms with Crippen molar-refractivity contribution in [1.29, 1.82) is 5.26 Å². The normalized spacial score (nSPS) is 9.18. The van der Waals surface area contributed by atoms with Gasteiger partial charge >= 0.3 is 0 Å². The number of pyridine rings is 1. The minimum Gasteiger partial charge on any atom is -0.481 e. The van der Waals surface area contributed by atoms with Crippen molar-refractivity contribution in [2.24, 2.45) is 0 Å². The van der Waals surface area contributed by atoms with Crippen molar-refractivity contribution >= 4 is 11.6 Å². The van der Waals surface area contributed by atoms with Crippen molar-refractivity contribution in [3.8, 4) is 11.9 Å². The van der Waals surface area contributed by atoms with Crippen LogP contribution < -0.4 is 15.4 Å². The van der Waals surface area contributed by atoms with Crippen molar-refractivity contribution < 1.29 is 9.53 Å². The highest BCUT2D eigenvalue weighted by Crippen LogP contribution is 2.10. The fourth-order valence-corrected chi connectivity index (χ4v) is 1.11. The molecule has 0 bridgehead atoms. The van der Waals surface area contributed by atoms with Gasteiger partial charge in [0.2, 0.25) is 11.8 Å². The van der Waals surface area contributed by atoms with Crippen LogP contribution in [0.1, 0.15) is 6.42 Å². The third-order valence-corrected chi connectivity index (χ3v) is 1.96. The molecule has 0 atom stereocenters. The van der Waals surface area contributed by atoms with E-state index in [0.29, 0.717) is 18.8 Å². The largest absolute Gasteiger partial charge is 0.481 e. The highest BCUT2D eigenvalue weighted by atomic mass is 16.5. The molecular formula is C11H14N4O2. The Morgan fingerprint density at radius 3 is 3.00 bits per heavy atom. The Hall–Kier alpha value is -2.29. The van der Waals surface area contributed by atoms with Crippen LogP contribution in [0.15, 0.2) is 18.3 Å². The van der Waals surface area contributed by atoms with Gasteiger partial charge in [-0.1, -0.05) is 0 Å². The minimum atomic E-state index is -0.156. The molecule has 1 heterocycles. The molecule has 90 valence electrons. The second-order valence-corrected chi connectivity index (χ2v) is 3.20. The van der Waals surface area contributed by atoms with E-state index in [1.807, 2.05) is 6.07 Å². The Morgan fingerprint density at radius 1 is 1.59 bits per heavy atom. The Morgan fingerprint density at radius 2 is 2.41 bits per heavy atom. The van der Waals surface area contributed by atoms with E-state index in [4.69, 9.17) is 10.00 Å². The molecule has 17 heavy (non-hydrogen) atoms. The molecule has 0 aliphatic carbocycles. The van der Waals surface area contributed by atoms with Crippen LogP contribution >= 0.6 is 0 Å². The van der Waals surface area contributed by atoms with Crippen LogP contribution in [-0.4, -0.2) is 31.1 Å². The maximum absolute atomic E-state index is 11.3. The standard InChI is InChI=1S/C11H14N4O2/c1-17-11-4-3-9(7-15-11)14-8-10(16)13-6-2-5-12/h3-4,7,14H,2,6,8H2,1H3,(H,13,16). The number of aromatic nitrogens is 1. The zero-order valence-corrected chi connectivity index (χ0v) is 9.56. The van der Waals surface area contributed by atoms with E-state index >= 15 is 0 Å². The molecule has 6 nitrogen and oxygen atoms in total. The van der Waals surface area contributed by atoms with Gasteiger partial charge in [-0.25, -0.2) is 4.98 Å². The lowest BCUT2D eigenvalue weighted by molar-refractivity contribution is -0.119. The number of anilines is 1. The minimum absolute atomic E-state index is 0.152. The molecule has 0 spiro atoms. The zero-order valence-electron chi connectivity index (χ0n) is 9.56. The van der Waals surface area contributed by atoms with Gasteiger partial charge in [0.05, 0.1) is 38.0 Å². The van der Waals surface area contributed by atoms with Crippen molar-refractivity contribution in [3.05, 3.63) is 18.3 Å². The zero-order chi connectivity index (χ0) is 12.5. The number of methoxy groups -OCH3 is 1. The fourth-order valence-electron chi connectivity index (χ4n) is 1.11. The first-order chi connectivity index (χ1) is 8.26. The smallest absolute Gasteiger partial charge is 0.239 e. The third-order valence-electron chi connectivity index (χ3n) is 1.96. The van der Waals surface area contributed by atoms with Gasteiger partial charge in [0.25, 0.3) is 0 Å². The quantitative estimate of drug-likeness (QED) is 0.701. The molecule has 0 saturated heterocycles. The molecule has 1 aromatic rings. The van der Waals surface area contributed by atoms with Gasteiger partial charge in [-0.2, -0.15) is 5.26 Å². The average molecular weight is 234 g/mol. The molecule has 0 aliphatic rings. The lowest BCUT2D eigenvalue weighted by Crippen LogP contribution is -2.30. The summed E-state index contributed by atoms with van der Waals surface area (Å²) in [6.45, 7) is 0.525. The number of ether oxygens (including phenoxy) is 1. The molecule has 0 aliphatic heterocycles. The van der Waals surface area contributed by atoms with Crippen LogP contribution in [0.25, 0.3) is 0 Å². The van der Waals surface area contributed by atoms with Crippen LogP contribution in [0.4, 0.5) is 5.69 Å². The first kappa shape index (κ1) is 12.8. The second-order valence-electron chi connectivity index (χ2n) is 3.20. The number of nitrogens with one attached hydrogen (secondary N) is 2. The van der Waals surface area contributed by atoms with Crippen LogP contribution in [0.5, 0.6) is 5.88 Å². The molecule has 0 aromatic carbocycles. The van der Waals surface area contributed by atoms with Crippen molar-refractivity contribution in [3.63, 3.8) is 0 Å². The van der Waals surface area contributed by atoms with E-state index in [1.54, 1.807) is 18.3 Å². The lowest BCUT2D eigenvalue weighted by atomic mass is 10.4. The molecule has 1 aromatic heterocycles. The number of nitriles is 1. The Kier molecular flexibility index (Phi) is 5.31. The van der Waals surface area contributed by atoms with E-state index in [1.165, 1.54) is 7.11 Å². The molecule has 2 N–H and O–H groups in total. The SMILES string of the molecule is COc1ccc(NCC(=O)NCCC#N)cn1. The van der Waals surface area contributed by atoms with Gasteiger partial charge in [0.15, 0.2) is 0 Å². The average Bonchev–Trinajstić information content (AvgIpc) is 2.37. The summed E-state index contributed by atoms with van der Waals surface area (Å²) in [7, 11) is 1.54. The first-order valence-corrected chi connectivity index (χ1v) is 5.14. The predicted octanol–water partition coefficient (Wildman–Crippen LogP) is 0.532. The van der Waals surface area contributed by atoms with E-state index in [2.05, 4.69) is 15.6 Å². The summed E-state index contributed by atoms with van der Waals surface area (Å²) in [5.41, 5.74) is 0.737. The van der Waals surface area contributed by atoms with Gasteiger partial charge < -0.3 is 15.4 Å². The summed E-state index contributed by atoms with van der Waals surface area (Å²) in [5, 5.41) is 13.8. The van der Waals surface area contributed by atoms with E-state index in [0.717, 1.165) is 5.69 Å². The molecule has 1 amide bonds. The highest BCUT2D eigenvalue weighted by Gasteiger charge is 2.00. The highest BCUT2D eigenvalue weighted by molar-refractivity contribution is 5.80. The fraction of sp³-hybridized carbons (Fsp3) is 0.364. The predicted molar refractivity (Wildman–Crippen MR) is 62.5 cm³/mol. The van der Waals surface area contributed by atoms with Crippen molar-refractivity contribution in [2.45, 2.75) is 6.42 Å². The molecule has 6 heteroatoms. The monoisotopic (exact) mass is 234 g/mol. The number of hydrogen-bond donors (Lipinski definition) is 2. The summed E-state index contributed by atoms with van der Waals surface area (Å²) >= 11 is 0. The Bertz CT molecular complexity index is 397. The van der Waals surface area contributed by atoms with E-state index < -0.39 is 0 Å². The number of carbonyl (C=O) groups excluding carboxylic acids is 1. The van der Waals surface area contributed by atoms with Gasteiger partial charge in [-0.05, 0) is 6.07 Å². The van der Waals surface area contributed by atoms with Crippen LogP contribution in [0.2, 0.25) is 0 Å². The van der Waals surface area contributed by atoms with Crippen LogP contribution in [-0.2, 0) is 4.79 Å². The molecule has 0 radical (unpaired) electrons. The molecule has 0 saturated carbocycles. The summed E-state index contributed by atoms with van der Waals surface area (Å²) < 4.78 is 4.91. The second kappa shape index (κ2) is 7.06. The summed E-state index contributed by atoms with van der Waals surface area (Å²) in [6.07, 6.45) is 1.90.